The Bertz CT molecular complexity index is 909. The van der Waals surface area contributed by atoms with Crippen LogP contribution in [0.25, 0.3) is 0 Å². The van der Waals surface area contributed by atoms with Crippen LogP contribution in [0, 0.1) is 5.92 Å². The first-order valence-corrected chi connectivity index (χ1v) is 12.2. The van der Waals surface area contributed by atoms with E-state index in [2.05, 4.69) is 10.6 Å². The molecule has 3 aliphatic rings. The van der Waals surface area contributed by atoms with Crippen LogP contribution < -0.4 is 15.4 Å². The highest BCUT2D eigenvalue weighted by atomic mass is 32.2. The minimum Gasteiger partial charge on any atom is -0.482 e. The van der Waals surface area contributed by atoms with E-state index in [0.29, 0.717) is 30.8 Å². The summed E-state index contributed by atoms with van der Waals surface area (Å²) in [6.45, 7) is 0.485. The highest BCUT2D eigenvalue weighted by Gasteiger charge is 2.34. The number of benzene rings is 1. The smallest absolute Gasteiger partial charge is 0.262 e. The topological polar surface area (TPSA) is 105 Å². The third-order valence-corrected chi connectivity index (χ3v) is 8.04. The number of piperidine rings is 1. The van der Waals surface area contributed by atoms with Crippen LogP contribution in [0.1, 0.15) is 51.4 Å². The molecule has 1 aromatic carbocycles. The molecule has 1 saturated heterocycles. The van der Waals surface area contributed by atoms with Crippen LogP contribution in [-0.4, -0.2) is 50.3 Å². The summed E-state index contributed by atoms with van der Waals surface area (Å²) in [5.74, 6) is -0.233. The van der Waals surface area contributed by atoms with Gasteiger partial charge in [0.25, 0.3) is 5.91 Å². The molecule has 0 spiro atoms. The molecule has 0 aromatic heterocycles. The lowest BCUT2D eigenvalue weighted by Gasteiger charge is -2.32. The predicted molar refractivity (Wildman–Crippen MR) is 112 cm³/mol. The number of hydrogen-bond acceptors (Lipinski definition) is 5. The van der Waals surface area contributed by atoms with Gasteiger partial charge in [-0.1, -0.05) is 25.7 Å². The summed E-state index contributed by atoms with van der Waals surface area (Å²) in [6, 6.07) is 4.68. The molecule has 2 N–H and O–H groups in total. The van der Waals surface area contributed by atoms with E-state index in [0.717, 1.165) is 25.7 Å². The molecular weight excluding hydrogens is 406 g/mol. The summed E-state index contributed by atoms with van der Waals surface area (Å²) in [6.07, 6.45) is 8.05. The van der Waals surface area contributed by atoms with Crippen molar-refractivity contribution in [3.63, 3.8) is 0 Å². The van der Waals surface area contributed by atoms with Crippen LogP contribution in [-0.2, 0) is 19.6 Å². The van der Waals surface area contributed by atoms with Crippen LogP contribution in [0.4, 0.5) is 5.69 Å². The average molecular weight is 436 g/mol. The number of nitrogens with zero attached hydrogens (tertiary/aromatic N) is 1. The largest absolute Gasteiger partial charge is 0.482 e. The Morgan fingerprint density at radius 3 is 2.63 bits per heavy atom. The first kappa shape index (κ1) is 21.1. The van der Waals surface area contributed by atoms with Gasteiger partial charge >= 0.3 is 0 Å². The predicted octanol–water partition coefficient (Wildman–Crippen LogP) is 2.26. The zero-order chi connectivity index (χ0) is 21.1. The molecule has 2 fully saturated rings. The first-order valence-electron chi connectivity index (χ1n) is 10.8. The Morgan fingerprint density at radius 1 is 1.10 bits per heavy atom. The van der Waals surface area contributed by atoms with Crippen molar-refractivity contribution in [1.29, 1.82) is 0 Å². The number of carbonyl (C=O) groups is 2. The molecule has 2 aliphatic heterocycles. The van der Waals surface area contributed by atoms with Gasteiger partial charge in [0.2, 0.25) is 15.9 Å². The minimum absolute atomic E-state index is 0.0343. The summed E-state index contributed by atoms with van der Waals surface area (Å²) in [5, 5.41) is 5.80. The normalized spacial score (nSPS) is 23.6. The molecule has 1 saturated carbocycles. The molecule has 1 aromatic rings. The SMILES string of the molecule is O=C1COc2ccc(S(=O)(=O)N3CCCC(C(=O)NC4CCCCCC4)C3)cc2N1. The molecule has 30 heavy (non-hydrogen) atoms. The second-order valence-corrected chi connectivity index (χ2v) is 10.3. The molecule has 1 atom stereocenters. The van der Waals surface area contributed by atoms with Gasteiger partial charge in [0.05, 0.1) is 16.5 Å². The monoisotopic (exact) mass is 435 g/mol. The lowest BCUT2D eigenvalue weighted by molar-refractivity contribution is -0.127. The van der Waals surface area contributed by atoms with Gasteiger partial charge in [-0.3, -0.25) is 9.59 Å². The average Bonchev–Trinajstić information content (AvgIpc) is 3.02. The van der Waals surface area contributed by atoms with Crippen LogP contribution >= 0.6 is 0 Å². The first-order chi connectivity index (χ1) is 14.4. The van der Waals surface area contributed by atoms with Crippen LogP contribution in [0.15, 0.2) is 23.1 Å². The molecule has 0 bridgehead atoms. The van der Waals surface area contributed by atoms with Crippen molar-refractivity contribution in [3.05, 3.63) is 18.2 Å². The number of anilines is 1. The van der Waals surface area contributed by atoms with Crippen LogP contribution in [0.2, 0.25) is 0 Å². The summed E-state index contributed by atoms with van der Waals surface area (Å²) in [5.41, 5.74) is 0.354. The Hall–Kier alpha value is -2.13. The van der Waals surface area contributed by atoms with Crippen LogP contribution in [0.5, 0.6) is 5.75 Å². The van der Waals surface area contributed by atoms with Gasteiger partial charge in [0.1, 0.15) is 5.75 Å². The highest BCUT2D eigenvalue weighted by Crippen LogP contribution is 2.32. The van der Waals surface area contributed by atoms with Crippen LogP contribution in [0.3, 0.4) is 0 Å². The number of carbonyl (C=O) groups excluding carboxylic acids is 2. The minimum atomic E-state index is -3.77. The quantitative estimate of drug-likeness (QED) is 0.706. The number of nitrogens with one attached hydrogen (secondary N) is 2. The van der Waals surface area contributed by atoms with Gasteiger partial charge in [-0.2, -0.15) is 4.31 Å². The fraction of sp³-hybridized carbons (Fsp3) is 0.619. The van der Waals surface area contributed by atoms with E-state index >= 15 is 0 Å². The van der Waals surface area contributed by atoms with E-state index in [1.807, 2.05) is 0 Å². The van der Waals surface area contributed by atoms with Gasteiger partial charge in [0, 0.05) is 19.1 Å². The maximum absolute atomic E-state index is 13.2. The number of rotatable bonds is 4. The van der Waals surface area contributed by atoms with E-state index in [-0.39, 0.29) is 41.8 Å². The van der Waals surface area contributed by atoms with Crippen molar-refractivity contribution >= 4 is 27.5 Å². The number of sulfonamides is 1. The van der Waals surface area contributed by atoms with Gasteiger partial charge < -0.3 is 15.4 Å². The number of amides is 2. The molecule has 1 unspecified atom stereocenters. The van der Waals surface area contributed by atoms with E-state index in [1.54, 1.807) is 6.07 Å². The van der Waals surface area contributed by atoms with Gasteiger partial charge in [0.15, 0.2) is 6.61 Å². The molecule has 2 heterocycles. The highest BCUT2D eigenvalue weighted by molar-refractivity contribution is 7.89. The second kappa shape index (κ2) is 8.93. The summed E-state index contributed by atoms with van der Waals surface area (Å²) >= 11 is 0. The van der Waals surface area contributed by atoms with Crippen molar-refractivity contribution in [2.24, 2.45) is 5.92 Å². The van der Waals surface area contributed by atoms with E-state index < -0.39 is 10.0 Å². The fourth-order valence-electron chi connectivity index (χ4n) is 4.49. The number of hydrogen-bond donors (Lipinski definition) is 2. The number of ether oxygens (including phenoxy) is 1. The molecule has 164 valence electrons. The lowest BCUT2D eigenvalue weighted by Crippen LogP contribution is -2.47. The van der Waals surface area contributed by atoms with E-state index in [4.69, 9.17) is 4.74 Å². The van der Waals surface area contributed by atoms with Crippen molar-refractivity contribution in [1.82, 2.24) is 9.62 Å². The van der Waals surface area contributed by atoms with E-state index in [1.165, 1.54) is 29.3 Å². The summed E-state index contributed by atoms with van der Waals surface area (Å²) in [4.78, 5) is 24.5. The third kappa shape index (κ3) is 4.62. The second-order valence-electron chi connectivity index (χ2n) is 8.39. The molecule has 9 heteroatoms. The summed E-state index contributed by atoms with van der Waals surface area (Å²) in [7, 11) is -3.77. The number of fused-ring (bicyclic) bond motifs is 1. The van der Waals surface area contributed by atoms with Gasteiger partial charge in [-0.25, -0.2) is 8.42 Å². The molecular formula is C21H29N3O5S. The lowest BCUT2D eigenvalue weighted by atomic mass is 9.97. The van der Waals surface area contributed by atoms with Gasteiger partial charge in [-0.05, 0) is 43.9 Å². The molecule has 2 amide bonds. The Morgan fingerprint density at radius 2 is 1.87 bits per heavy atom. The maximum atomic E-state index is 13.2. The zero-order valence-corrected chi connectivity index (χ0v) is 17.9. The third-order valence-electron chi connectivity index (χ3n) is 6.18. The van der Waals surface area contributed by atoms with Crippen molar-refractivity contribution in [2.75, 3.05) is 25.0 Å². The maximum Gasteiger partial charge on any atom is 0.262 e. The van der Waals surface area contributed by atoms with Crippen molar-refractivity contribution in [2.45, 2.75) is 62.3 Å². The Kier molecular flexibility index (Phi) is 6.29. The van der Waals surface area contributed by atoms with Crippen molar-refractivity contribution < 1.29 is 22.7 Å². The van der Waals surface area contributed by atoms with Crippen molar-refractivity contribution in [3.8, 4) is 5.75 Å². The van der Waals surface area contributed by atoms with Gasteiger partial charge in [-0.15, -0.1) is 0 Å². The summed E-state index contributed by atoms with van der Waals surface area (Å²) < 4.78 is 33.1. The molecule has 1 aliphatic carbocycles. The standard InChI is InChI=1S/C21H29N3O5S/c25-20-14-29-19-10-9-17(12-18(19)23-20)30(27,28)24-11-5-6-15(13-24)21(26)22-16-7-3-1-2-4-8-16/h9-10,12,15-16H,1-8,11,13-14H2,(H,22,26)(H,23,25). The fourth-order valence-corrected chi connectivity index (χ4v) is 6.04. The Labute approximate surface area is 177 Å². The van der Waals surface area contributed by atoms with E-state index in [9.17, 15) is 18.0 Å². The molecule has 4 rings (SSSR count). The molecule has 8 nitrogen and oxygen atoms in total. The zero-order valence-electron chi connectivity index (χ0n) is 17.1. The Balaban J connectivity index is 1.45. The molecule has 0 radical (unpaired) electrons.